The maximum atomic E-state index is 11.7. The fraction of sp³-hybridized carbons (Fsp3) is 0.400. The maximum Gasteiger partial charge on any atom is 0.219 e. The molecule has 4 aromatic heterocycles. The second kappa shape index (κ2) is 9.23. The average Bonchev–Trinajstić information content (AvgIpc) is 3.55. The second-order valence-corrected chi connectivity index (χ2v) is 9.28. The van der Waals surface area contributed by atoms with Crippen LogP contribution < -0.4 is 10.6 Å². The van der Waals surface area contributed by atoms with E-state index in [1.807, 2.05) is 34.1 Å². The van der Waals surface area contributed by atoms with E-state index in [9.17, 15) is 4.79 Å². The van der Waals surface area contributed by atoms with Gasteiger partial charge in [0, 0.05) is 69.8 Å². The van der Waals surface area contributed by atoms with Crippen molar-refractivity contribution in [3.63, 3.8) is 0 Å². The lowest BCUT2D eigenvalue weighted by molar-refractivity contribution is -0.129. The molecule has 0 bridgehead atoms. The molecule has 0 saturated carbocycles. The Morgan fingerprint density at radius 2 is 1.86 bits per heavy atom. The number of fused-ring (bicyclic) bond motifs is 1. The maximum absolute atomic E-state index is 11.7. The summed E-state index contributed by atoms with van der Waals surface area (Å²) in [6.07, 6.45) is 8.85. The number of nitrogen functional groups attached to an aromatic ring is 1. The van der Waals surface area contributed by atoms with Gasteiger partial charge in [0.2, 0.25) is 5.91 Å². The van der Waals surface area contributed by atoms with Crippen LogP contribution in [0.5, 0.6) is 0 Å². The van der Waals surface area contributed by atoms with E-state index in [1.165, 1.54) is 6.33 Å². The van der Waals surface area contributed by atoms with Gasteiger partial charge in [0.15, 0.2) is 5.82 Å². The minimum atomic E-state index is 0.117. The van der Waals surface area contributed by atoms with Crippen LogP contribution in [0.15, 0.2) is 43.1 Å². The lowest BCUT2D eigenvalue weighted by atomic mass is 10.1. The molecule has 0 spiro atoms. The van der Waals surface area contributed by atoms with Gasteiger partial charge in [-0.25, -0.2) is 9.50 Å². The Balaban J connectivity index is 1.40. The summed E-state index contributed by atoms with van der Waals surface area (Å²) in [4.78, 5) is 24.7. The SMILES string of the molecule is CC(=O)N1CCN(c2cncc(-c3cc(-c4ccnn4C4CCOCC4)c4c(N)ncnn34)c2)CC1. The number of hydrogen-bond donors (Lipinski definition) is 1. The van der Waals surface area contributed by atoms with Crippen molar-refractivity contribution in [3.05, 3.63) is 43.1 Å². The summed E-state index contributed by atoms with van der Waals surface area (Å²) in [7, 11) is 0. The molecule has 0 unspecified atom stereocenters. The Kier molecular flexibility index (Phi) is 5.76. The highest BCUT2D eigenvalue weighted by molar-refractivity contribution is 5.91. The molecule has 0 atom stereocenters. The fourth-order valence-electron chi connectivity index (χ4n) is 5.24. The number of carbonyl (C=O) groups is 1. The fourth-order valence-corrected chi connectivity index (χ4v) is 5.24. The van der Waals surface area contributed by atoms with Crippen LogP contribution in [0.25, 0.3) is 28.0 Å². The van der Waals surface area contributed by atoms with E-state index < -0.39 is 0 Å². The first-order valence-corrected chi connectivity index (χ1v) is 12.3. The van der Waals surface area contributed by atoms with Crippen molar-refractivity contribution in [2.24, 2.45) is 0 Å². The third-order valence-electron chi connectivity index (χ3n) is 7.18. The van der Waals surface area contributed by atoms with Crippen molar-refractivity contribution in [2.75, 3.05) is 50.0 Å². The zero-order chi connectivity index (χ0) is 24.6. The van der Waals surface area contributed by atoms with Crippen LogP contribution in [-0.2, 0) is 9.53 Å². The molecule has 4 aromatic rings. The van der Waals surface area contributed by atoms with Crippen molar-refractivity contribution < 1.29 is 9.53 Å². The first-order chi connectivity index (χ1) is 17.6. The lowest BCUT2D eigenvalue weighted by Gasteiger charge is -2.35. The summed E-state index contributed by atoms with van der Waals surface area (Å²) in [5.74, 6) is 0.529. The van der Waals surface area contributed by atoms with Crippen LogP contribution in [0.2, 0.25) is 0 Å². The molecular weight excluding hydrogens is 458 g/mol. The quantitative estimate of drug-likeness (QED) is 0.466. The number of nitrogens with zero attached hydrogens (tertiary/aromatic N) is 8. The summed E-state index contributed by atoms with van der Waals surface area (Å²) >= 11 is 0. The third-order valence-corrected chi connectivity index (χ3v) is 7.18. The molecule has 36 heavy (non-hydrogen) atoms. The van der Waals surface area contributed by atoms with Crippen molar-refractivity contribution in [1.29, 1.82) is 0 Å². The van der Waals surface area contributed by atoms with Crippen molar-refractivity contribution in [3.8, 4) is 22.5 Å². The molecule has 2 aliphatic heterocycles. The van der Waals surface area contributed by atoms with E-state index in [2.05, 4.69) is 41.9 Å². The number of aromatic nitrogens is 6. The zero-order valence-corrected chi connectivity index (χ0v) is 20.2. The molecule has 0 radical (unpaired) electrons. The summed E-state index contributed by atoms with van der Waals surface area (Å²) in [6.45, 7) is 6.03. The van der Waals surface area contributed by atoms with Crippen LogP contribution in [-0.4, -0.2) is 79.6 Å². The van der Waals surface area contributed by atoms with E-state index in [-0.39, 0.29) is 11.9 Å². The van der Waals surface area contributed by atoms with Crippen LogP contribution in [0, 0.1) is 0 Å². The summed E-state index contributed by atoms with van der Waals surface area (Å²) in [6, 6.07) is 6.51. The molecule has 11 heteroatoms. The van der Waals surface area contributed by atoms with Gasteiger partial charge in [-0.15, -0.1) is 0 Å². The highest BCUT2D eigenvalue weighted by Gasteiger charge is 2.24. The van der Waals surface area contributed by atoms with Gasteiger partial charge in [-0.3, -0.25) is 14.5 Å². The molecule has 6 heterocycles. The number of piperazine rings is 1. The minimum absolute atomic E-state index is 0.117. The summed E-state index contributed by atoms with van der Waals surface area (Å²) < 4.78 is 9.48. The van der Waals surface area contributed by atoms with Gasteiger partial charge < -0.3 is 20.3 Å². The van der Waals surface area contributed by atoms with E-state index in [4.69, 9.17) is 10.5 Å². The Labute approximate surface area is 208 Å². The normalized spacial score (nSPS) is 17.1. The molecule has 0 aliphatic carbocycles. The smallest absolute Gasteiger partial charge is 0.219 e. The molecular formula is C25H29N9O2. The Morgan fingerprint density at radius 1 is 1.06 bits per heavy atom. The summed E-state index contributed by atoms with van der Waals surface area (Å²) in [5.41, 5.74) is 11.9. The molecule has 2 saturated heterocycles. The standard InChI is InChI=1S/C25H29N9O2/c1-17(35)31-6-8-32(9-7-31)20-12-18(14-27-15-20)23-13-21(24-25(26)28-16-30-34(23)24)22-2-5-29-33(22)19-3-10-36-11-4-19/h2,5,12-16,19H,3-4,6-11H2,1H3,(H2,26,28,30). The number of rotatable bonds is 4. The number of nitrogens with two attached hydrogens (primary N) is 1. The Morgan fingerprint density at radius 3 is 2.64 bits per heavy atom. The zero-order valence-electron chi connectivity index (χ0n) is 20.2. The first-order valence-electron chi connectivity index (χ1n) is 12.3. The number of carbonyl (C=O) groups excluding carboxylic acids is 1. The van der Waals surface area contributed by atoms with Crippen LogP contribution in [0.4, 0.5) is 11.5 Å². The van der Waals surface area contributed by atoms with E-state index in [0.29, 0.717) is 18.9 Å². The van der Waals surface area contributed by atoms with Gasteiger partial charge in [0.05, 0.1) is 29.3 Å². The highest BCUT2D eigenvalue weighted by atomic mass is 16.5. The molecule has 2 aliphatic rings. The number of amides is 1. The van der Waals surface area contributed by atoms with Gasteiger partial charge in [-0.05, 0) is 31.0 Å². The van der Waals surface area contributed by atoms with Gasteiger partial charge in [-0.2, -0.15) is 10.2 Å². The molecule has 2 fully saturated rings. The van der Waals surface area contributed by atoms with Crippen LogP contribution in [0.3, 0.4) is 0 Å². The van der Waals surface area contributed by atoms with E-state index >= 15 is 0 Å². The predicted octanol–water partition coefficient (Wildman–Crippen LogP) is 2.26. The number of pyridine rings is 1. The monoisotopic (exact) mass is 487 g/mol. The van der Waals surface area contributed by atoms with E-state index in [1.54, 1.807) is 6.92 Å². The largest absolute Gasteiger partial charge is 0.382 e. The molecule has 2 N–H and O–H groups in total. The topological polar surface area (TPSA) is 120 Å². The number of anilines is 2. The van der Waals surface area contributed by atoms with Gasteiger partial charge >= 0.3 is 0 Å². The first kappa shape index (κ1) is 22.5. The molecule has 11 nitrogen and oxygen atoms in total. The number of hydrogen-bond acceptors (Lipinski definition) is 8. The van der Waals surface area contributed by atoms with Crippen molar-refractivity contribution >= 4 is 22.9 Å². The van der Waals surface area contributed by atoms with E-state index in [0.717, 1.165) is 72.9 Å². The highest BCUT2D eigenvalue weighted by Crippen LogP contribution is 2.37. The van der Waals surface area contributed by atoms with Gasteiger partial charge in [-0.1, -0.05) is 0 Å². The molecule has 186 valence electrons. The number of ether oxygens (including phenoxy) is 1. The minimum Gasteiger partial charge on any atom is -0.382 e. The van der Waals surface area contributed by atoms with Gasteiger partial charge in [0.25, 0.3) is 0 Å². The van der Waals surface area contributed by atoms with Crippen molar-refractivity contribution in [2.45, 2.75) is 25.8 Å². The second-order valence-electron chi connectivity index (χ2n) is 9.28. The van der Waals surface area contributed by atoms with Crippen LogP contribution in [0.1, 0.15) is 25.8 Å². The van der Waals surface area contributed by atoms with Crippen LogP contribution >= 0.6 is 0 Å². The molecule has 6 rings (SSSR count). The van der Waals surface area contributed by atoms with Crippen molar-refractivity contribution in [1.82, 2.24) is 34.3 Å². The molecule has 0 aromatic carbocycles. The third kappa shape index (κ3) is 3.95. The predicted molar refractivity (Wildman–Crippen MR) is 135 cm³/mol. The van der Waals surface area contributed by atoms with Gasteiger partial charge in [0.1, 0.15) is 11.8 Å². The summed E-state index contributed by atoms with van der Waals surface area (Å²) in [5, 5.41) is 9.20. The lowest BCUT2D eigenvalue weighted by Crippen LogP contribution is -2.48. The Bertz CT molecular complexity index is 1400. The Hall–Kier alpha value is -3.99. The molecule has 1 amide bonds. The average molecular weight is 488 g/mol.